The summed E-state index contributed by atoms with van der Waals surface area (Å²) < 4.78 is 107. The van der Waals surface area contributed by atoms with Gasteiger partial charge in [-0.05, 0) is 45.2 Å². The summed E-state index contributed by atoms with van der Waals surface area (Å²) in [5, 5.41) is 5.04. The number of nitrogens with zero attached hydrogens (tertiary/aromatic N) is 4. The van der Waals surface area contributed by atoms with Crippen LogP contribution in [0.25, 0.3) is 0 Å². The van der Waals surface area contributed by atoms with Crippen LogP contribution in [-0.4, -0.2) is 86.2 Å². The van der Waals surface area contributed by atoms with Crippen molar-refractivity contribution in [2.45, 2.75) is 74.8 Å². The zero-order valence-electron chi connectivity index (χ0n) is 25.7. The molecule has 3 amide bonds. The van der Waals surface area contributed by atoms with E-state index in [1.807, 2.05) is 7.05 Å². The topological polar surface area (TPSA) is 90.0 Å². The first kappa shape index (κ1) is 33.1. The molecule has 1 aromatic carbocycles. The number of ether oxygens (including phenoxy) is 1. The van der Waals surface area contributed by atoms with Crippen LogP contribution >= 0.6 is 0 Å². The molecule has 4 atom stereocenters. The molecule has 2 aromatic rings. The van der Waals surface area contributed by atoms with E-state index in [1.165, 1.54) is 13.2 Å². The van der Waals surface area contributed by atoms with Crippen molar-refractivity contribution in [1.82, 2.24) is 20.5 Å². The number of piperazine rings is 1. The van der Waals surface area contributed by atoms with Gasteiger partial charge in [-0.1, -0.05) is 0 Å². The summed E-state index contributed by atoms with van der Waals surface area (Å²) in [6.07, 6.45) is -4.78. The van der Waals surface area contributed by atoms with Gasteiger partial charge >= 0.3 is 12.2 Å². The molecule has 1 aromatic heterocycles. The highest BCUT2D eigenvalue weighted by atomic mass is 19.4. The highest BCUT2D eigenvalue weighted by Crippen LogP contribution is 2.47. The molecule has 2 N–H and O–H groups in total. The van der Waals surface area contributed by atoms with Crippen LogP contribution in [0.2, 0.25) is 0 Å². The molecule has 0 unspecified atom stereocenters. The Morgan fingerprint density at radius 3 is 2.26 bits per heavy atom. The van der Waals surface area contributed by atoms with Crippen molar-refractivity contribution in [2.24, 2.45) is 5.92 Å². The Balaban J connectivity index is 1.33. The van der Waals surface area contributed by atoms with Gasteiger partial charge in [-0.15, -0.1) is 0 Å². The standard InChI is InChI=1S/C31H35F7N6O3/c1-42-12-18-9-17(42)13-43(18)23-7-8-39-28(25(23)31(36,37)38)44-14-20(24-21(32)10-19(47-2)11-22(24)33)26(29(44)45)41-30(46)40-16-5-3-15(4-6-16)27(34)35/h7-8,10-11,15-18,20,26-27H,3-6,9,12-14H2,1-2H3,(H2,40,41,46)/t15?,16?,17-,18-,20-,26-/m0/s1. The van der Waals surface area contributed by atoms with Crippen molar-refractivity contribution in [1.29, 1.82) is 0 Å². The summed E-state index contributed by atoms with van der Waals surface area (Å²) in [7, 11) is 3.10. The van der Waals surface area contributed by atoms with Gasteiger partial charge in [-0.3, -0.25) is 14.6 Å². The Labute approximate surface area is 266 Å². The number of benzene rings is 1. The Morgan fingerprint density at radius 1 is 1.02 bits per heavy atom. The number of rotatable bonds is 7. The Morgan fingerprint density at radius 2 is 1.70 bits per heavy atom. The molecule has 6 rings (SSSR count). The maximum absolute atomic E-state index is 15.4. The molecule has 2 bridgehead atoms. The molecule has 4 aliphatic rings. The number of carbonyl (C=O) groups is 2. The summed E-state index contributed by atoms with van der Waals surface area (Å²) in [5.41, 5.74) is -1.92. The molecule has 47 heavy (non-hydrogen) atoms. The third-order valence-corrected chi connectivity index (χ3v) is 9.99. The molecule has 3 saturated heterocycles. The first-order valence-electron chi connectivity index (χ1n) is 15.5. The number of halogens is 7. The quantitative estimate of drug-likeness (QED) is 0.407. The zero-order chi connectivity index (χ0) is 33.8. The summed E-state index contributed by atoms with van der Waals surface area (Å²) in [6.45, 7) is 0.277. The SMILES string of the molecule is COc1cc(F)c([C@@H]2CN(c3nccc(N4C[C@@H]5C[C@H]4CN5C)c3C(F)(F)F)C(=O)[C@H]2NC(=O)NC2CCC(C(F)F)CC2)c(F)c1. The van der Waals surface area contributed by atoms with Gasteiger partial charge < -0.3 is 20.3 Å². The van der Waals surface area contributed by atoms with E-state index in [2.05, 4.69) is 20.5 Å². The molecule has 1 saturated carbocycles. The second-order valence-corrected chi connectivity index (χ2v) is 12.8. The Bertz CT molecular complexity index is 1490. The van der Waals surface area contributed by atoms with Gasteiger partial charge in [0.1, 0.15) is 34.8 Å². The van der Waals surface area contributed by atoms with Gasteiger partial charge in [0.2, 0.25) is 6.43 Å². The number of fused-ring (bicyclic) bond motifs is 2. The monoisotopic (exact) mass is 672 g/mol. The van der Waals surface area contributed by atoms with Crippen LogP contribution in [0.15, 0.2) is 24.4 Å². The molecule has 256 valence electrons. The number of likely N-dealkylation sites (tertiary alicyclic amines) is 1. The predicted octanol–water partition coefficient (Wildman–Crippen LogP) is 4.90. The maximum Gasteiger partial charge on any atom is 0.421 e. The largest absolute Gasteiger partial charge is 0.497 e. The zero-order valence-corrected chi connectivity index (χ0v) is 25.7. The van der Waals surface area contributed by atoms with Crippen molar-refractivity contribution in [2.75, 3.05) is 43.6 Å². The number of nitrogens with one attached hydrogen (secondary N) is 2. The second kappa shape index (κ2) is 12.7. The fourth-order valence-electron chi connectivity index (χ4n) is 7.58. The van der Waals surface area contributed by atoms with Crippen molar-refractivity contribution in [3.05, 3.63) is 47.2 Å². The lowest BCUT2D eigenvalue weighted by Crippen LogP contribution is -2.51. The molecule has 4 heterocycles. The molecule has 16 heteroatoms. The average Bonchev–Trinajstić information content (AvgIpc) is 3.69. The van der Waals surface area contributed by atoms with Gasteiger partial charge in [0.15, 0.2) is 0 Å². The van der Waals surface area contributed by atoms with Crippen LogP contribution in [0.3, 0.4) is 0 Å². The van der Waals surface area contributed by atoms with Gasteiger partial charge in [0.25, 0.3) is 5.91 Å². The normalized spacial score (nSPS) is 28.0. The van der Waals surface area contributed by atoms with Crippen molar-refractivity contribution in [3.8, 4) is 5.75 Å². The van der Waals surface area contributed by atoms with E-state index in [0.29, 0.717) is 19.5 Å². The summed E-state index contributed by atoms with van der Waals surface area (Å²) in [5.74, 6) is -6.43. The Hall–Kier alpha value is -3.82. The van der Waals surface area contributed by atoms with E-state index in [0.717, 1.165) is 23.2 Å². The smallest absolute Gasteiger partial charge is 0.421 e. The predicted molar refractivity (Wildman–Crippen MR) is 157 cm³/mol. The highest BCUT2D eigenvalue weighted by Gasteiger charge is 2.51. The van der Waals surface area contributed by atoms with Crippen LogP contribution in [0.1, 0.15) is 49.1 Å². The third kappa shape index (κ3) is 6.27. The fraction of sp³-hybridized carbons (Fsp3) is 0.581. The van der Waals surface area contributed by atoms with Gasteiger partial charge in [0, 0.05) is 73.5 Å². The highest BCUT2D eigenvalue weighted by molar-refractivity contribution is 6.03. The van der Waals surface area contributed by atoms with Crippen molar-refractivity contribution >= 4 is 23.4 Å². The van der Waals surface area contributed by atoms with E-state index in [9.17, 15) is 31.5 Å². The first-order valence-corrected chi connectivity index (χ1v) is 15.5. The summed E-state index contributed by atoms with van der Waals surface area (Å²) >= 11 is 0. The van der Waals surface area contributed by atoms with Crippen molar-refractivity contribution < 1.29 is 45.1 Å². The molecule has 9 nitrogen and oxygen atoms in total. The third-order valence-electron chi connectivity index (χ3n) is 9.99. The summed E-state index contributed by atoms with van der Waals surface area (Å²) in [6, 6.07) is -0.218. The number of hydrogen-bond acceptors (Lipinski definition) is 6. The molecule has 0 radical (unpaired) electrons. The number of pyridine rings is 1. The van der Waals surface area contributed by atoms with Gasteiger partial charge in [-0.2, -0.15) is 13.2 Å². The minimum Gasteiger partial charge on any atom is -0.497 e. The van der Waals surface area contributed by atoms with E-state index >= 15 is 8.78 Å². The second-order valence-electron chi connectivity index (χ2n) is 12.8. The number of aromatic nitrogens is 1. The molecule has 0 spiro atoms. The molecule has 4 fully saturated rings. The average molecular weight is 673 g/mol. The molecule has 3 aliphatic heterocycles. The van der Waals surface area contributed by atoms with Crippen LogP contribution in [0.5, 0.6) is 5.75 Å². The fourth-order valence-corrected chi connectivity index (χ4v) is 7.58. The number of amides is 3. The van der Waals surface area contributed by atoms with Crippen LogP contribution in [0, 0.1) is 17.6 Å². The maximum atomic E-state index is 15.4. The van der Waals surface area contributed by atoms with Crippen molar-refractivity contribution in [3.63, 3.8) is 0 Å². The molecular formula is C31H35F7N6O3. The number of hydrogen-bond donors (Lipinski definition) is 2. The number of carbonyl (C=O) groups excluding carboxylic acids is 2. The van der Waals surface area contributed by atoms with Crippen LogP contribution in [-0.2, 0) is 11.0 Å². The molecule has 1 aliphatic carbocycles. The van der Waals surface area contributed by atoms with E-state index in [4.69, 9.17) is 4.74 Å². The van der Waals surface area contributed by atoms with E-state index in [-0.39, 0.29) is 49.2 Å². The van der Waals surface area contributed by atoms with Crippen LogP contribution in [0.4, 0.5) is 47.0 Å². The van der Waals surface area contributed by atoms with Gasteiger partial charge in [-0.25, -0.2) is 27.3 Å². The number of methoxy groups -OCH3 is 1. The van der Waals surface area contributed by atoms with Crippen LogP contribution < -0.4 is 25.2 Å². The minimum absolute atomic E-state index is 0.0639. The lowest BCUT2D eigenvalue weighted by Gasteiger charge is -2.35. The number of likely N-dealkylation sites (N-methyl/N-ethyl adjacent to an activating group) is 1. The van der Waals surface area contributed by atoms with Gasteiger partial charge in [0.05, 0.1) is 12.8 Å². The lowest BCUT2D eigenvalue weighted by molar-refractivity contribution is -0.136. The number of urea groups is 1. The summed E-state index contributed by atoms with van der Waals surface area (Å²) in [4.78, 5) is 35.5. The molecular weight excluding hydrogens is 637 g/mol. The Kier molecular flexibility index (Phi) is 8.91. The lowest BCUT2D eigenvalue weighted by atomic mass is 9.86. The number of anilines is 2. The van der Waals surface area contributed by atoms with E-state index in [1.54, 1.807) is 4.90 Å². The van der Waals surface area contributed by atoms with E-state index < -0.39 is 83.6 Å². The first-order chi connectivity index (χ1) is 22.3. The minimum atomic E-state index is -4.96. The number of alkyl halides is 5.